The molecule has 0 bridgehead atoms. The van der Waals surface area contributed by atoms with Crippen LogP contribution in [-0.4, -0.2) is 34.7 Å². The van der Waals surface area contributed by atoms with E-state index in [0.717, 1.165) is 0 Å². The highest BCUT2D eigenvalue weighted by molar-refractivity contribution is 9.10. The van der Waals surface area contributed by atoms with Crippen LogP contribution in [0, 0.1) is 0 Å². The Morgan fingerprint density at radius 1 is 1.56 bits per heavy atom. The fourth-order valence-corrected chi connectivity index (χ4v) is 1.82. The molecular weight excluding hydrogens is 297 g/mol. The van der Waals surface area contributed by atoms with E-state index in [9.17, 15) is 9.90 Å². The van der Waals surface area contributed by atoms with Gasteiger partial charge in [-0.25, -0.2) is 4.79 Å². The molecule has 0 aliphatic rings. The third kappa shape index (κ3) is 3.37. The number of nitrogens with one attached hydrogen (secondary N) is 1. The average molecular weight is 309 g/mol. The predicted molar refractivity (Wildman–Crippen MR) is 66.3 cm³/mol. The van der Waals surface area contributed by atoms with Crippen molar-refractivity contribution in [1.29, 1.82) is 0 Å². The number of anilines is 1. The molecule has 1 unspecified atom stereocenters. The summed E-state index contributed by atoms with van der Waals surface area (Å²) in [6, 6.07) is 4.99. The molecule has 0 fully saturated rings. The van der Waals surface area contributed by atoms with E-state index in [2.05, 4.69) is 21.2 Å². The molecule has 1 rings (SSSR count). The fourth-order valence-electron chi connectivity index (χ4n) is 1.17. The molecule has 0 spiro atoms. The molecule has 3 N–H and O–H groups in total. The number of alkyl halides is 1. The number of carboxylic acids is 1. The molecule has 0 radical (unpaired) electrons. The summed E-state index contributed by atoms with van der Waals surface area (Å²) in [5, 5.41) is 21.1. The van der Waals surface area contributed by atoms with Crippen molar-refractivity contribution in [3.05, 3.63) is 28.2 Å². The number of hydrogen-bond donors (Lipinski definition) is 3. The lowest BCUT2D eigenvalue weighted by Gasteiger charge is -2.13. The Hall–Kier alpha value is -0.780. The standard InChI is InChI=1S/C10H11BrClNO3/c11-7-2-1-3-8(9(7)10(15)16)13-5-6(14)4-12/h1-3,6,13-14H,4-5H2,(H,15,16). The molecule has 1 aromatic rings. The van der Waals surface area contributed by atoms with Crippen LogP contribution in [0.3, 0.4) is 0 Å². The van der Waals surface area contributed by atoms with Crippen molar-refractivity contribution in [1.82, 2.24) is 0 Å². The highest BCUT2D eigenvalue weighted by Crippen LogP contribution is 2.24. The topological polar surface area (TPSA) is 69.6 Å². The Balaban J connectivity index is 2.87. The molecule has 6 heteroatoms. The zero-order valence-electron chi connectivity index (χ0n) is 8.28. The van der Waals surface area contributed by atoms with Crippen molar-refractivity contribution in [2.45, 2.75) is 6.10 Å². The smallest absolute Gasteiger partial charge is 0.338 e. The third-order valence-corrected chi connectivity index (χ3v) is 2.95. The molecule has 0 saturated heterocycles. The molecule has 16 heavy (non-hydrogen) atoms. The first-order valence-electron chi connectivity index (χ1n) is 4.56. The number of hydrogen-bond acceptors (Lipinski definition) is 3. The highest BCUT2D eigenvalue weighted by Gasteiger charge is 2.14. The van der Waals surface area contributed by atoms with E-state index >= 15 is 0 Å². The molecule has 4 nitrogen and oxygen atoms in total. The van der Waals surface area contributed by atoms with E-state index < -0.39 is 12.1 Å². The number of aliphatic hydroxyl groups excluding tert-OH is 1. The van der Waals surface area contributed by atoms with Crippen molar-refractivity contribution < 1.29 is 15.0 Å². The molecule has 0 aliphatic carbocycles. The number of carbonyl (C=O) groups is 1. The van der Waals surface area contributed by atoms with Gasteiger partial charge in [-0.1, -0.05) is 6.07 Å². The van der Waals surface area contributed by atoms with E-state index in [4.69, 9.17) is 16.7 Å². The quantitative estimate of drug-likeness (QED) is 0.729. The summed E-state index contributed by atoms with van der Waals surface area (Å²) in [5.41, 5.74) is 0.593. The Bertz CT molecular complexity index is 386. The van der Waals surface area contributed by atoms with E-state index in [-0.39, 0.29) is 18.0 Å². The Morgan fingerprint density at radius 2 is 2.25 bits per heavy atom. The van der Waals surface area contributed by atoms with Crippen LogP contribution < -0.4 is 5.32 Å². The molecular formula is C10H11BrClNO3. The molecule has 88 valence electrons. The van der Waals surface area contributed by atoms with Gasteiger partial charge in [-0.15, -0.1) is 11.6 Å². The molecule has 0 amide bonds. The zero-order chi connectivity index (χ0) is 12.1. The van der Waals surface area contributed by atoms with Gasteiger partial charge in [0, 0.05) is 16.7 Å². The summed E-state index contributed by atoms with van der Waals surface area (Å²) in [6.07, 6.45) is -0.706. The Kier molecular flexibility index (Phi) is 5.05. The van der Waals surface area contributed by atoms with Gasteiger partial charge in [-0.05, 0) is 28.1 Å². The lowest BCUT2D eigenvalue weighted by Crippen LogP contribution is -2.21. The summed E-state index contributed by atoms with van der Waals surface area (Å²) in [7, 11) is 0. The van der Waals surface area contributed by atoms with Crippen LogP contribution in [0.1, 0.15) is 10.4 Å². The number of carboxylic acid groups (broad SMARTS) is 1. The van der Waals surface area contributed by atoms with Crippen molar-refractivity contribution >= 4 is 39.2 Å². The minimum absolute atomic E-state index is 0.101. The van der Waals surface area contributed by atoms with Gasteiger partial charge in [0.05, 0.1) is 17.5 Å². The van der Waals surface area contributed by atoms with Gasteiger partial charge in [-0.2, -0.15) is 0 Å². The largest absolute Gasteiger partial charge is 0.478 e. The van der Waals surface area contributed by atoms with Gasteiger partial charge < -0.3 is 15.5 Å². The SMILES string of the molecule is O=C(O)c1c(Br)cccc1NCC(O)CCl. The van der Waals surface area contributed by atoms with Gasteiger partial charge in [0.15, 0.2) is 0 Å². The Morgan fingerprint density at radius 3 is 2.81 bits per heavy atom. The summed E-state index contributed by atoms with van der Waals surface area (Å²) in [5.74, 6) is -0.931. The number of aliphatic hydroxyl groups is 1. The Labute approximate surface area is 106 Å². The molecule has 0 aliphatic heterocycles. The van der Waals surface area contributed by atoms with Crippen molar-refractivity contribution in [3.63, 3.8) is 0 Å². The monoisotopic (exact) mass is 307 g/mol. The van der Waals surface area contributed by atoms with E-state index in [1.165, 1.54) is 0 Å². The van der Waals surface area contributed by atoms with Crippen LogP contribution >= 0.6 is 27.5 Å². The molecule has 0 heterocycles. The van der Waals surface area contributed by atoms with Crippen LogP contribution in [0.2, 0.25) is 0 Å². The first-order chi connectivity index (χ1) is 7.56. The van der Waals surface area contributed by atoms with Gasteiger partial charge in [0.25, 0.3) is 0 Å². The van der Waals surface area contributed by atoms with Gasteiger partial charge in [-0.3, -0.25) is 0 Å². The number of rotatable bonds is 5. The summed E-state index contributed by atoms with van der Waals surface area (Å²) in [4.78, 5) is 11.0. The first kappa shape index (κ1) is 13.3. The van der Waals surface area contributed by atoms with Crippen LogP contribution in [-0.2, 0) is 0 Å². The summed E-state index contributed by atoms with van der Waals surface area (Å²) < 4.78 is 0.491. The second-order valence-corrected chi connectivity index (χ2v) is 4.32. The summed E-state index contributed by atoms with van der Waals surface area (Å²) >= 11 is 8.60. The predicted octanol–water partition coefficient (Wildman–Crippen LogP) is 2.16. The van der Waals surface area contributed by atoms with E-state index in [1.54, 1.807) is 18.2 Å². The zero-order valence-corrected chi connectivity index (χ0v) is 10.6. The number of benzene rings is 1. The maximum absolute atomic E-state index is 11.0. The van der Waals surface area contributed by atoms with Crippen LogP contribution in [0.15, 0.2) is 22.7 Å². The first-order valence-corrected chi connectivity index (χ1v) is 5.88. The van der Waals surface area contributed by atoms with E-state index in [0.29, 0.717) is 10.2 Å². The minimum atomic E-state index is -1.03. The molecule has 0 saturated carbocycles. The number of aromatic carboxylic acids is 1. The lowest BCUT2D eigenvalue weighted by molar-refractivity contribution is 0.0696. The van der Waals surface area contributed by atoms with E-state index in [1.807, 2.05) is 0 Å². The number of halogens is 2. The minimum Gasteiger partial charge on any atom is -0.478 e. The second-order valence-electron chi connectivity index (χ2n) is 3.16. The second kappa shape index (κ2) is 6.08. The maximum Gasteiger partial charge on any atom is 0.338 e. The molecule has 0 aromatic heterocycles. The average Bonchev–Trinajstić information content (AvgIpc) is 2.25. The van der Waals surface area contributed by atoms with Crippen LogP contribution in [0.4, 0.5) is 5.69 Å². The van der Waals surface area contributed by atoms with Gasteiger partial charge in [0.1, 0.15) is 0 Å². The maximum atomic E-state index is 11.0. The van der Waals surface area contributed by atoms with Crippen LogP contribution in [0.25, 0.3) is 0 Å². The fraction of sp³-hybridized carbons (Fsp3) is 0.300. The van der Waals surface area contributed by atoms with Gasteiger partial charge in [0.2, 0.25) is 0 Å². The molecule has 1 aromatic carbocycles. The highest BCUT2D eigenvalue weighted by atomic mass is 79.9. The summed E-state index contributed by atoms with van der Waals surface area (Å²) in [6.45, 7) is 0.209. The van der Waals surface area contributed by atoms with Crippen molar-refractivity contribution in [2.75, 3.05) is 17.7 Å². The van der Waals surface area contributed by atoms with Crippen LogP contribution in [0.5, 0.6) is 0 Å². The van der Waals surface area contributed by atoms with Crippen molar-refractivity contribution in [3.8, 4) is 0 Å². The normalized spacial score (nSPS) is 12.2. The molecule has 1 atom stereocenters. The van der Waals surface area contributed by atoms with Gasteiger partial charge >= 0.3 is 5.97 Å². The third-order valence-electron chi connectivity index (χ3n) is 1.93. The van der Waals surface area contributed by atoms with Crippen molar-refractivity contribution in [2.24, 2.45) is 0 Å². The lowest BCUT2D eigenvalue weighted by atomic mass is 10.2.